The molecular formula is C18H21N5O2S2. The van der Waals surface area contributed by atoms with E-state index >= 15 is 0 Å². The summed E-state index contributed by atoms with van der Waals surface area (Å²) in [7, 11) is 0. The molecule has 3 aromatic rings. The van der Waals surface area contributed by atoms with Gasteiger partial charge in [-0.1, -0.05) is 6.07 Å². The average Bonchev–Trinajstić information content (AvgIpc) is 3.31. The number of amides is 1. The topological polar surface area (TPSA) is 93.4 Å². The van der Waals surface area contributed by atoms with E-state index < -0.39 is 11.9 Å². The van der Waals surface area contributed by atoms with Crippen LogP contribution in [0.4, 0.5) is 5.82 Å². The van der Waals surface area contributed by atoms with Crippen molar-refractivity contribution in [3.05, 3.63) is 28.7 Å². The highest BCUT2D eigenvalue weighted by Crippen LogP contribution is 2.39. The molecule has 1 saturated heterocycles. The van der Waals surface area contributed by atoms with Crippen molar-refractivity contribution < 1.29 is 9.53 Å². The lowest BCUT2D eigenvalue weighted by Gasteiger charge is -2.26. The number of hydrogen-bond donors (Lipinski definition) is 2. The average molecular weight is 404 g/mol. The molecule has 27 heavy (non-hydrogen) atoms. The van der Waals surface area contributed by atoms with Crippen molar-refractivity contribution in [2.24, 2.45) is 5.73 Å². The third kappa shape index (κ3) is 3.96. The molecule has 9 heteroatoms. The minimum atomic E-state index is -0.518. The second kappa shape index (κ2) is 7.89. The molecule has 0 spiro atoms. The molecule has 1 atom stereocenters. The van der Waals surface area contributed by atoms with Crippen molar-refractivity contribution in [3.8, 4) is 10.4 Å². The number of fused-ring (bicyclic) bond motifs is 1. The molecule has 0 aromatic carbocycles. The molecular weight excluding hydrogens is 382 g/mol. The molecule has 1 amide bonds. The van der Waals surface area contributed by atoms with E-state index in [9.17, 15) is 4.79 Å². The fourth-order valence-corrected chi connectivity index (χ4v) is 4.79. The molecule has 1 aliphatic heterocycles. The summed E-state index contributed by atoms with van der Waals surface area (Å²) in [6.07, 6.45) is 0. The van der Waals surface area contributed by atoms with Gasteiger partial charge in [0.25, 0.3) is 0 Å². The lowest BCUT2D eigenvalue weighted by atomic mass is 10.2. The van der Waals surface area contributed by atoms with Crippen LogP contribution >= 0.6 is 22.7 Å². The Kier molecular flexibility index (Phi) is 5.35. The molecule has 0 radical (unpaired) electrons. The molecule has 7 nitrogen and oxygen atoms in total. The van der Waals surface area contributed by atoms with E-state index in [1.807, 2.05) is 11.4 Å². The van der Waals surface area contributed by atoms with Gasteiger partial charge in [-0.3, -0.25) is 9.69 Å². The van der Waals surface area contributed by atoms with Crippen LogP contribution in [-0.4, -0.2) is 53.1 Å². The summed E-state index contributed by atoms with van der Waals surface area (Å²) in [4.78, 5) is 25.5. The van der Waals surface area contributed by atoms with Crippen LogP contribution in [0, 0.1) is 0 Å². The minimum absolute atomic E-state index is 0.413. The molecule has 142 valence electrons. The Balaban J connectivity index is 1.75. The van der Waals surface area contributed by atoms with Crippen LogP contribution in [-0.2, 0) is 16.1 Å². The van der Waals surface area contributed by atoms with Gasteiger partial charge >= 0.3 is 0 Å². The number of nitrogens with one attached hydrogen (secondary N) is 1. The predicted molar refractivity (Wildman–Crippen MR) is 109 cm³/mol. The first-order chi connectivity index (χ1) is 13.1. The summed E-state index contributed by atoms with van der Waals surface area (Å²) >= 11 is 3.27. The smallest absolute Gasteiger partial charge is 0.239 e. The van der Waals surface area contributed by atoms with E-state index in [2.05, 4.69) is 21.7 Å². The van der Waals surface area contributed by atoms with Crippen molar-refractivity contribution in [1.29, 1.82) is 0 Å². The van der Waals surface area contributed by atoms with Gasteiger partial charge in [0.1, 0.15) is 22.5 Å². The first-order valence-corrected chi connectivity index (χ1v) is 10.6. The zero-order valence-corrected chi connectivity index (χ0v) is 16.6. The van der Waals surface area contributed by atoms with Crippen LogP contribution in [0.1, 0.15) is 12.7 Å². The molecule has 3 N–H and O–H groups in total. The fraction of sp³-hybridized carbons (Fsp3) is 0.389. The minimum Gasteiger partial charge on any atom is -0.379 e. The predicted octanol–water partition coefficient (Wildman–Crippen LogP) is 2.54. The highest BCUT2D eigenvalue weighted by molar-refractivity contribution is 7.18. The monoisotopic (exact) mass is 403 g/mol. The van der Waals surface area contributed by atoms with Crippen LogP contribution in [0.5, 0.6) is 0 Å². The Labute approximate surface area is 165 Å². The second-order valence-electron chi connectivity index (χ2n) is 6.45. The van der Waals surface area contributed by atoms with Crippen molar-refractivity contribution in [2.75, 3.05) is 31.6 Å². The number of thiophene rings is 2. The zero-order chi connectivity index (χ0) is 18.8. The first kappa shape index (κ1) is 18.3. The van der Waals surface area contributed by atoms with E-state index in [-0.39, 0.29) is 0 Å². The van der Waals surface area contributed by atoms with Gasteiger partial charge in [-0.15, -0.1) is 22.7 Å². The van der Waals surface area contributed by atoms with Crippen molar-refractivity contribution in [1.82, 2.24) is 14.9 Å². The number of ether oxygens (including phenoxy) is 1. The summed E-state index contributed by atoms with van der Waals surface area (Å²) in [6, 6.07) is 3.58. The maximum atomic E-state index is 11.6. The molecule has 0 bridgehead atoms. The number of anilines is 1. The van der Waals surface area contributed by atoms with Gasteiger partial charge in [0.15, 0.2) is 0 Å². The SMILES string of the molecule is CC(Nc1nc(CN2CCOCC2)nc2scc(-c3cccs3)c12)C(N)=O. The molecule has 4 rings (SSSR count). The van der Waals surface area contributed by atoms with Gasteiger partial charge in [-0.2, -0.15) is 0 Å². The highest BCUT2D eigenvalue weighted by atomic mass is 32.1. The highest BCUT2D eigenvalue weighted by Gasteiger charge is 2.20. The van der Waals surface area contributed by atoms with E-state index in [1.165, 1.54) is 0 Å². The molecule has 4 heterocycles. The second-order valence-corrected chi connectivity index (χ2v) is 8.26. The number of aromatic nitrogens is 2. The van der Waals surface area contributed by atoms with Gasteiger partial charge < -0.3 is 15.8 Å². The normalized spacial score (nSPS) is 16.5. The number of nitrogens with zero attached hydrogens (tertiary/aromatic N) is 3. The summed E-state index contributed by atoms with van der Waals surface area (Å²) in [5.74, 6) is 0.992. The van der Waals surface area contributed by atoms with Gasteiger partial charge in [0.05, 0.1) is 25.1 Å². The number of nitrogens with two attached hydrogens (primary N) is 1. The summed E-state index contributed by atoms with van der Waals surface area (Å²) in [5, 5.41) is 8.29. The van der Waals surface area contributed by atoms with Gasteiger partial charge in [-0.05, 0) is 18.4 Å². The van der Waals surface area contributed by atoms with Gasteiger partial charge in [-0.25, -0.2) is 9.97 Å². The molecule has 1 fully saturated rings. The van der Waals surface area contributed by atoms with Crippen LogP contribution in [0.2, 0.25) is 0 Å². The van der Waals surface area contributed by atoms with Crippen molar-refractivity contribution in [2.45, 2.75) is 19.5 Å². The Morgan fingerprint density at radius 1 is 1.37 bits per heavy atom. The zero-order valence-electron chi connectivity index (χ0n) is 15.0. The van der Waals surface area contributed by atoms with Crippen LogP contribution in [0.3, 0.4) is 0 Å². The fourth-order valence-electron chi connectivity index (χ4n) is 3.01. The maximum absolute atomic E-state index is 11.6. The van der Waals surface area contributed by atoms with Crippen LogP contribution < -0.4 is 11.1 Å². The van der Waals surface area contributed by atoms with Gasteiger partial charge in [0, 0.05) is 28.9 Å². The first-order valence-electron chi connectivity index (χ1n) is 8.80. The summed E-state index contributed by atoms with van der Waals surface area (Å²) < 4.78 is 5.41. The maximum Gasteiger partial charge on any atom is 0.239 e. The summed E-state index contributed by atoms with van der Waals surface area (Å²) in [5.41, 5.74) is 6.55. The molecule has 0 aliphatic carbocycles. The molecule has 0 saturated carbocycles. The number of primary amides is 1. The third-order valence-electron chi connectivity index (χ3n) is 4.52. The lowest BCUT2D eigenvalue weighted by Crippen LogP contribution is -2.36. The van der Waals surface area contributed by atoms with Crippen molar-refractivity contribution >= 4 is 44.6 Å². The van der Waals surface area contributed by atoms with Gasteiger partial charge in [0.2, 0.25) is 5.91 Å². The van der Waals surface area contributed by atoms with Crippen LogP contribution in [0.25, 0.3) is 20.7 Å². The van der Waals surface area contributed by atoms with E-state index in [0.29, 0.717) is 12.4 Å². The number of hydrogen-bond acceptors (Lipinski definition) is 8. The lowest BCUT2D eigenvalue weighted by molar-refractivity contribution is -0.118. The van der Waals surface area contributed by atoms with Crippen molar-refractivity contribution in [3.63, 3.8) is 0 Å². The van der Waals surface area contributed by atoms with E-state index in [1.54, 1.807) is 29.6 Å². The number of rotatable bonds is 6. The number of carbonyl (C=O) groups excluding carboxylic acids is 1. The quantitative estimate of drug-likeness (QED) is 0.657. The Morgan fingerprint density at radius 2 is 2.19 bits per heavy atom. The summed E-state index contributed by atoms with van der Waals surface area (Å²) in [6.45, 7) is 5.60. The van der Waals surface area contributed by atoms with E-state index in [4.69, 9.17) is 20.4 Å². The number of carbonyl (C=O) groups is 1. The van der Waals surface area contributed by atoms with Crippen LogP contribution in [0.15, 0.2) is 22.9 Å². The largest absolute Gasteiger partial charge is 0.379 e. The molecule has 1 aliphatic rings. The molecule has 1 unspecified atom stereocenters. The Bertz CT molecular complexity index is 935. The molecule has 3 aromatic heterocycles. The van der Waals surface area contributed by atoms with E-state index in [0.717, 1.165) is 52.8 Å². The number of morpholine rings is 1. The standard InChI is InChI=1S/C18H21N5O2S2/c1-11(16(19)24)20-17-15-12(13-3-2-8-26-13)10-27-18(15)22-14(21-17)9-23-4-6-25-7-5-23/h2-3,8,10-11H,4-7,9H2,1H3,(H2,19,24)(H,20,21,22). The third-order valence-corrected chi connectivity index (χ3v) is 6.29. The Hall–Kier alpha value is -2.07. The Morgan fingerprint density at radius 3 is 2.89 bits per heavy atom.